The summed E-state index contributed by atoms with van der Waals surface area (Å²) >= 11 is 3.08. The predicted molar refractivity (Wildman–Crippen MR) is 59.5 cm³/mol. The van der Waals surface area contributed by atoms with Crippen molar-refractivity contribution < 1.29 is 12.8 Å². The lowest BCUT2D eigenvalue weighted by Gasteiger charge is -2.05. The van der Waals surface area contributed by atoms with E-state index in [1.807, 2.05) is 0 Å². The topological polar surface area (TPSA) is 46.2 Å². The maximum Gasteiger partial charge on any atom is 0.243 e. The van der Waals surface area contributed by atoms with Crippen LogP contribution in [-0.2, 0) is 10.0 Å². The second-order valence-electron chi connectivity index (χ2n) is 2.72. The highest BCUT2D eigenvalue weighted by Crippen LogP contribution is 2.19. The summed E-state index contributed by atoms with van der Waals surface area (Å²) in [5.74, 6) is -0.783. The van der Waals surface area contributed by atoms with Gasteiger partial charge in [-0.2, -0.15) is 0 Å². The molecule has 1 aromatic rings. The van der Waals surface area contributed by atoms with E-state index >= 15 is 0 Å². The monoisotopic (exact) mass is 293 g/mol. The zero-order chi connectivity index (χ0) is 11.5. The van der Waals surface area contributed by atoms with Crippen LogP contribution in [0, 0.1) is 5.82 Å². The van der Waals surface area contributed by atoms with Crippen LogP contribution in [0.2, 0.25) is 0 Å². The molecule has 0 fully saturated rings. The molecule has 1 N–H and O–H groups in total. The summed E-state index contributed by atoms with van der Waals surface area (Å²) in [6.45, 7) is 3.43. The Hall–Kier alpha value is -0.720. The Morgan fingerprint density at radius 1 is 1.53 bits per heavy atom. The Balaban J connectivity index is 3.14. The van der Waals surface area contributed by atoms with E-state index in [4.69, 9.17) is 0 Å². The maximum absolute atomic E-state index is 13.2. The van der Waals surface area contributed by atoms with Gasteiger partial charge >= 0.3 is 0 Å². The minimum atomic E-state index is -3.80. The first kappa shape index (κ1) is 12.4. The Morgan fingerprint density at radius 2 is 2.20 bits per heavy atom. The number of nitrogens with one attached hydrogen (secondary N) is 1. The average molecular weight is 294 g/mol. The van der Waals surface area contributed by atoms with E-state index in [1.54, 1.807) is 0 Å². The van der Waals surface area contributed by atoms with Crippen LogP contribution in [0.1, 0.15) is 0 Å². The van der Waals surface area contributed by atoms with E-state index in [1.165, 1.54) is 18.2 Å². The number of hydrogen-bond acceptors (Lipinski definition) is 2. The Kier molecular flexibility index (Phi) is 4.01. The molecule has 82 valence electrons. The first-order valence-electron chi connectivity index (χ1n) is 4.03. The third-order valence-electron chi connectivity index (χ3n) is 1.60. The van der Waals surface area contributed by atoms with Crippen molar-refractivity contribution in [1.82, 2.24) is 4.72 Å². The highest BCUT2D eigenvalue weighted by molar-refractivity contribution is 9.10. The van der Waals surface area contributed by atoms with Gasteiger partial charge in [0.25, 0.3) is 0 Å². The van der Waals surface area contributed by atoms with E-state index in [2.05, 4.69) is 27.2 Å². The van der Waals surface area contributed by atoms with Gasteiger partial charge in [0, 0.05) is 11.0 Å². The van der Waals surface area contributed by atoms with Crippen LogP contribution in [-0.4, -0.2) is 15.0 Å². The molecule has 0 aliphatic heterocycles. The molecule has 15 heavy (non-hydrogen) atoms. The molecule has 0 spiro atoms. The van der Waals surface area contributed by atoms with Gasteiger partial charge in [-0.15, -0.1) is 6.58 Å². The van der Waals surface area contributed by atoms with Crippen LogP contribution >= 0.6 is 15.9 Å². The van der Waals surface area contributed by atoms with Gasteiger partial charge in [0.15, 0.2) is 0 Å². The summed E-state index contributed by atoms with van der Waals surface area (Å²) in [7, 11) is -3.80. The predicted octanol–water partition coefficient (Wildman–Crippen LogP) is 2.05. The van der Waals surface area contributed by atoms with Crippen molar-refractivity contribution in [3.8, 4) is 0 Å². The molecule has 0 unspecified atom stereocenters. The molecule has 0 saturated carbocycles. The van der Waals surface area contributed by atoms with E-state index in [0.29, 0.717) is 4.47 Å². The summed E-state index contributed by atoms with van der Waals surface area (Å²) in [6, 6.07) is 3.73. The van der Waals surface area contributed by atoms with Crippen molar-refractivity contribution >= 4 is 26.0 Å². The summed E-state index contributed by atoms with van der Waals surface area (Å²) in [5.41, 5.74) is 0. The smallest absolute Gasteiger partial charge is 0.207 e. The third-order valence-corrected chi connectivity index (χ3v) is 3.53. The largest absolute Gasteiger partial charge is 0.243 e. The number of rotatable bonds is 4. The lowest BCUT2D eigenvalue weighted by atomic mass is 10.3. The highest BCUT2D eigenvalue weighted by atomic mass is 79.9. The molecule has 1 aromatic carbocycles. The van der Waals surface area contributed by atoms with Crippen molar-refractivity contribution in [2.24, 2.45) is 0 Å². The van der Waals surface area contributed by atoms with Crippen molar-refractivity contribution in [2.45, 2.75) is 4.90 Å². The molecule has 6 heteroatoms. The highest BCUT2D eigenvalue weighted by Gasteiger charge is 2.18. The summed E-state index contributed by atoms with van der Waals surface area (Å²) in [6.07, 6.45) is 1.38. The number of benzene rings is 1. The minimum Gasteiger partial charge on any atom is -0.207 e. The van der Waals surface area contributed by atoms with Gasteiger partial charge < -0.3 is 0 Å². The average Bonchev–Trinajstić information content (AvgIpc) is 2.18. The number of sulfonamides is 1. The fourth-order valence-electron chi connectivity index (χ4n) is 0.930. The molecule has 0 saturated heterocycles. The van der Waals surface area contributed by atoms with Gasteiger partial charge in [0.2, 0.25) is 10.0 Å². The maximum atomic E-state index is 13.2. The van der Waals surface area contributed by atoms with Gasteiger partial charge in [0.1, 0.15) is 10.7 Å². The van der Waals surface area contributed by atoms with Crippen LogP contribution in [0.3, 0.4) is 0 Å². The molecule has 0 heterocycles. The van der Waals surface area contributed by atoms with Gasteiger partial charge in [0.05, 0.1) is 0 Å². The number of halogens is 2. The molecule has 0 aromatic heterocycles. The van der Waals surface area contributed by atoms with Crippen LogP contribution in [0.15, 0.2) is 40.2 Å². The van der Waals surface area contributed by atoms with Gasteiger partial charge in [-0.1, -0.05) is 22.0 Å². The van der Waals surface area contributed by atoms with Gasteiger partial charge in [-0.3, -0.25) is 0 Å². The molecule has 3 nitrogen and oxygen atoms in total. The molecule has 0 aliphatic carbocycles. The quantitative estimate of drug-likeness (QED) is 0.864. The summed E-state index contributed by atoms with van der Waals surface area (Å²) in [4.78, 5) is -0.376. The van der Waals surface area contributed by atoms with Gasteiger partial charge in [-0.25, -0.2) is 17.5 Å². The SMILES string of the molecule is C=CCNS(=O)(=O)c1cc(Br)ccc1F. The molecule has 0 radical (unpaired) electrons. The second kappa shape index (κ2) is 4.87. The van der Waals surface area contributed by atoms with E-state index in [9.17, 15) is 12.8 Å². The third kappa shape index (κ3) is 3.12. The van der Waals surface area contributed by atoms with Crippen molar-refractivity contribution in [2.75, 3.05) is 6.54 Å². The van der Waals surface area contributed by atoms with E-state index in [-0.39, 0.29) is 11.4 Å². The molecule has 0 amide bonds. The van der Waals surface area contributed by atoms with Gasteiger partial charge in [-0.05, 0) is 18.2 Å². The number of hydrogen-bond donors (Lipinski definition) is 1. The lowest BCUT2D eigenvalue weighted by molar-refractivity contribution is 0.559. The minimum absolute atomic E-state index is 0.0638. The fourth-order valence-corrected chi connectivity index (χ4v) is 2.54. The first-order chi connectivity index (χ1) is 6.97. The Bertz CT molecular complexity index is 473. The van der Waals surface area contributed by atoms with Crippen LogP contribution in [0.25, 0.3) is 0 Å². The molecule has 1 rings (SSSR count). The van der Waals surface area contributed by atoms with E-state index < -0.39 is 15.8 Å². The fraction of sp³-hybridized carbons (Fsp3) is 0.111. The molecule has 0 atom stereocenters. The van der Waals surface area contributed by atoms with Crippen molar-refractivity contribution in [3.05, 3.63) is 41.1 Å². The Morgan fingerprint density at radius 3 is 2.80 bits per heavy atom. The van der Waals surface area contributed by atoms with E-state index in [0.717, 1.165) is 6.07 Å². The lowest BCUT2D eigenvalue weighted by Crippen LogP contribution is -2.24. The van der Waals surface area contributed by atoms with Crippen LogP contribution in [0.4, 0.5) is 4.39 Å². The van der Waals surface area contributed by atoms with Crippen LogP contribution in [0.5, 0.6) is 0 Å². The standard InChI is InChI=1S/C9H9BrFNO2S/c1-2-5-12-15(13,14)9-6-7(10)3-4-8(9)11/h2-4,6,12H,1,5H2. The zero-order valence-corrected chi connectivity index (χ0v) is 10.1. The zero-order valence-electron chi connectivity index (χ0n) is 7.70. The first-order valence-corrected chi connectivity index (χ1v) is 6.30. The summed E-state index contributed by atoms with van der Waals surface area (Å²) < 4.78 is 39.0. The molecular formula is C9H9BrFNO2S. The van der Waals surface area contributed by atoms with Crippen molar-refractivity contribution in [1.29, 1.82) is 0 Å². The molecule has 0 bridgehead atoms. The Labute approximate surface area is 96.2 Å². The molecular weight excluding hydrogens is 285 g/mol. The van der Waals surface area contributed by atoms with Crippen molar-refractivity contribution in [3.63, 3.8) is 0 Å². The summed E-state index contributed by atoms with van der Waals surface area (Å²) in [5, 5.41) is 0. The second-order valence-corrected chi connectivity index (χ2v) is 5.37. The van der Waals surface area contributed by atoms with Crippen LogP contribution < -0.4 is 4.72 Å². The molecule has 0 aliphatic rings. The normalized spacial score (nSPS) is 11.3.